The average molecular weight is 242 g/mol. The van der Waals surface area contributed by atoms with E-state index in [1.165, 1.54) is 11.3 Å². The molecule has 4 heteroatoms. The summed E-state index contributed by atoms with van der Waals surface area (Å²) in [6.07, 6.45) is 0.729. The van der Waals surface area contributed by atoms with Gasteiger partial charge < -0.3 is 4.74 Å². The van der Waals surface area contributed by atoms with Gasteiger partial charge in [0, 0.05) is 24.7 Å². The standard InChI is InChI=1S/C12H16ClNO2/c1-9(14(13)10(2)15)8-11-4-6-12(16-3)7-5-11/h4-7,9H,8H2,1-3H3/t9-/m1/s1. The van der Waals surface area contributed by atoms with Crippen LogP contribution in [0.15, 0.2) is 24.3 Å². The third kappa shape index (κ3) is 3.42. The van der Waals surface area contributed by atoms with Gasteiger partial charge in [-0.15, -0.1) is 0 Å². The highest BCUT2D eigenvalue weighted by Crippen LogP contribution is 2.15. The normalized spacial score (nSPS) is 12.0. The first-order chi connectivity index (χ1) is 7.54. The summed E-state index contributed by atoms with van der Waals surface area (Å²) in [6.45, 7) is 3.37. The van der Waals surface area contributed by atoms with E-state index in [0.29, 0.717) is 0 Å². The van der Waals surface area contributed by atoms with Crippen molar-refractivity contribution in [1.82, 2.24) is 4.42 Å². The third-order valence-corrected chi connectivity index (χ3v) is 2.95. The molecule has 0 fully saturated rings. The van der Waals surface area contributed by atoms with Crippen molar-refractivity contribution < 1.29 is 9.53 Å². The van der Waals surface area contributed by atoms with Crippen molar-refractivity contribution in [3.63, 3.8) is 0 Å². The Morgan fingerprint density at radius 3 is 2.44 bits per heavy atom. The number of carbonyl (C=O) groups excluding carboxylic acids is 1. The molecule has 0 aliphatic heterocycles. The molecule has 16 heavy (non-hydrogen) atoms. The molecule has 1 rings (SSSR count). The molecule has 0 unspecified atom stereocenters. The minimum atomic E-state index is -0.136. The molecule has 0 saturated heterocycles. The van der Waals surface area contributed by atoms with E-state index in [-0.39, 0.29) is 11.9 Å². The summed E-state index contributed by atoms with van der Waals surface area (Å²) >= 11 is 5.83. The topological polar surface area (TPSA) is 29.5 Å². The van der Waals surface area contributed by atoms with Crippen LogP contribution in [0.2, 0.25) is 0 Å². The third-order valence-electron chi connectivity index (χ3n) is 2.38. The fourth-order valence-electron chi connectivity index (χ4n) is 1.49. The predicted octanol–water partition coefficient (Wildman–Crippen LogP) is 2.63. The SMILES string of the molecule is COc1ccc(C[C@@H](C)N(Cl)C(C)=O)cc1. The number of benzene rings is 1. The first-order valence-corrected chi connectivity index (χ1v) is 5.47. The monoisotopic (exact) mass is 241 g/mol. The summed E-state index contributed by atoms with van der Waals surface area (Å²) in [6, 6.07) is 7.72. The van der Waals surface area contributed by atoms with E-state index in [1.807, 2.05) is 31.2 Å². The maximum Gasteiger partial charge on any atom is 0.234 e. The number of hydrogen-bond donors (Lipinski definition) is 0. The largest absolute Gasteiger partial charge is 0.497 e. The molecular weight excluding hydrogens is 226 g/mol. The molecule has 0 aromatic heterocycles. The van der Waals surface area contributed by atoms with Crippen molar-refractivity contribution in [3.05, 3.63) is 29.8 Å². The summed E-state index contributed by atoms with van der Waals surface area (Å²) < 4.78 is 6.30. The zero-order valence-electron chi connectivity index (χ0n) is 9.74. The van der Waals surface area contributed by atoms with Crippen LogP contribution in [0.25, 0.3) is 0 Å². The first kappa shape index (κ1) is 12.8. The van der Waals surface area contributed by atoms with E-state index in [1.54, 1.807) is 7.11 Å². The second-order valence-corrected chi connectivity index (χ2v) is 4.10. The highest BCUT2D eigenvalue weighted by atomic mass is 35.5. The Hall–Kier alpha value is -1.22. The maximum absolute atomic E-state index is 11.0. The number of ether oxygens (including phenoxy) is 1. The number of halogens is 1. The van der Waals surface area contributed by atoms with Crippen LogP contribution in [0.1, 0.15) is 19.4 Å². The van der Waals surface area contributed by atoms with Crippen LogP contribution in [-0.4, -0.2) is 23.5 Å². The molecule has 0 N–H and O–H groups in total. The van der Waals surface area contributed by atoms with Crippen molar-refractivity contribution in [2.24, 2.45) is 0 Å². The highest BCUT2D eigenvalue weighted by molar-refractivity contribution is 6.21. The second kappa shape index (κ2) is 5.75. The van der Waals surface area contributed by atoms with Crippen LogP contribution in [-0.2, 0) is 11.2 Å². The van der Waals surface area contributed by atoms with Crippen molar-refractivity contribution in [2.45, 2.75) is 26.3 Å². The zero-order valence-corrected chi connectivity index (χ0v) is 10.5. The van der Waals surface area contributed by atoms with Crippen LogP contribution in [0, 0.1) is 0 Å². The Morgan fingerprint density at radius 1 is 1.44 bits per heavy atom. The number of nitrogens with zero attached hydrogens (tertiary/aromatic N) is 1. The molecule has 0 saturated carbocycles. The van der Waals surface area contributed by atoms with Gasteiger partial charge in [0.1, 0.15) is 5.75 Å². The summed E-state index contributed by atoms with van der Waals surface area (Å²) in [5.74, 6) is 0.688. The van der Waals surface area contributed by atoms with Gasteiger partial charge in [-0.3, -0.25) is 9.21 Å². The molecule has 0 aliphatic rings. The van der Waals surface area contributed by atoms with Gasteiger partial charge in [-0.25, -0.2) is 0 Å². The lowest BCUT2D eigenvalue weighted by atomic mass is 10.1. The van der Waals surface area contributed by atoms with Crippen LogP contribution in [0.5, 0.6) is 5.75 Å². The Balaban J connectivity index is 2.62. The van der Waals surface area contributed by atoms with Crippen molar-refractivity contribution in [3.8, 4) is 5.75 Å². The summed E-state index contributed by atoms with van der Waals surface area (Å²) in [4.78, 5) is 11.0. The molecule has 1 atom stereocenters. The lowest BCUT2D eigenvalue weighted by Gasteiger charge is -2.20. The number of hydrogen-bond acceptors (Lipinski definition) is 2. The van der Waals surface area contributed by atoms with E-state index in [4.69, 9.17) is 16.5 Å². The quantitative estimate of drug-likeness (QED) is 0.759. The highest BCUT2D eigenvalue weighted by Gasteiger charge is 2.14. The molecule has 1 amide bonds. The summed E-state index contributed by atoms with van der Waals surface area (Å²) in [5, 5.41) is 0. The van der Waals surface area contributed by atoms with E-state index >= 15 is 0 Å². The summed E-state index contributed by atoms with van der Waals surface area (Å²) in [7, 11) is 1.63. The lowest BCUT2D eigenvalue weighted by Crippen LogP contribution is -2.30. The van der Waals surface area contributed by atoms with Crippen molar-refractivity contribution in [2.75, 3.05) is 7.11 Å². The first-order valence-electron chi connectivity index (χ1n) is 5.13. The molecule has 3 nitrogen and oxygen atoms in total. The van der Waals surface area contributed by atoms with Crippen LogP contribution in [0.4, 0.5) is 0 Å². The lowest BCUT2D eigenvalue weighted by molar-refractivity contribution is -0.125. The van der Waals surface area contributed by atoms with E-state index in [9.17, 15) is 4.79 Å². The molecule has 0 aliphatic carbocycles. The number of methoxy groups -OCH3 is 1. The molecule has 0 radical (unpaired) electrons. The molecular formula is C12H16ClNO2. The number of carbonyl (C=O) groups is 1. The van der Waals surface area contributed by atoms with Gasteiger partial charge in [0.05, 0.1) is 7.11 Å². The second-order valence-electron chi connectivity index (χ2n) is 3.73. The fraction of sp³-hybridized carbons (Fsp3) is 0.417. The van der Waals surface area contributed by atoms with E-state index in [2.05, 4.69) is 0 Å². The molecule has 0 bridgehead atoms. The Kier molecular flexibility index (Phi) is 4.62. The average Bonchev–Trinajstić information content (AvgIpc) is 2.28. The predicted molar refractivity (Wildman–Crippen MR) is 64.5 cm³/mol. The van der Waals surface area contributed by atoms with Gasteiger partial charge in [-0.2, -0.15) is 0 Å². The molecule has 88 valence electrons. The molecule has 0 heterocycles. The van der Waals surface area contributed by atoms with Gasteiger partial charge in [-0.1, -0.05) is 12.1 Å². The zero-order chi connectivity index (χ0) is 12.1. The van der Waals surface area contributed by atoms with Gasteiger partial charge in [-0.05, 0) is 31.0 Å². The summed E-state index contributed by atoms with van der Waals surface area (Å²) in [5.41, 5.74) is 1.13. The minimum absolute atomic E-state index is 0.0208. The van der Waals surface area contributed by atoms with Crippen LogP contribution >= 0.6 is 11.8 Å². The Labute approximate surface area is 101 Å². The van der Waals surface area contributed by atoms with Crippen molar-refractivity contribution >= 4 is 17.7 Å². The van der Waals surface area contributed by atoms with Gasteiger partial charge in [0.2, 0.25) is 5.91 Å². The Morgan fingerprint density at radius 2 is 2.00 bits per heavy atom. The maximum atomic E-state index is 11.0. The Bertz CT molecular complexity index is 351. The van der Waals surface area contributed by atoms with Crippen molar-refractivity contribution in [1.29, 1.82) is 0 Å². The molecule has 1 aromatic carbocycles. The van der Waals surface area contributed by atoms with Crippen LogP contribution in [0.3, 0.4) is 0 Å². The smallest absolute Gasteiger partial charge is 0.234 e. The van der Waals surface area contributed by atoms with E-state index < -0.39 is 0 Å². The molecule has 0 spiro atoms. The van der Waals surface area contributed by atoms with E-state index in [0.717, 1.165) is 17.7 Å². The molecule has 1 aromatic rings. The van der Waals surface area contributed by atoms with Gasteiger partial charge in [0.25, 0.3) is 0 Å². The number of amides is 1. The number of rotatable bonds is 4. The van der Waals surface area contributed by atoms with Gasteiger partial charge in [0.15, 0.2) is 0 Å². The minimum Gasteiger partial charge on any atom is -0.497 e. The van der Waals surface area contributed by atoms with Gasteiger partial charge >= 0.3 is 0 Å². The fourth-order valence-corrected chi connectivity index (χ4v) is 1.56. The van der Waals surface area contributed by atoms with Crippen LogP contribution < -0.4 is 4.74 Å².